The van der Waals surface area contributed by atoms with E-state index >= 15 is 0 Å². The Hall–Kier alpha value is -2.62. The molecule has 2 aromatic carbocycles. The molecule has 1 heterocycles. The van der Waals surface area contributed by atoms with Crippen molar-refractivity contribution in [2.75, 3.05) is 7.11 Å². The van der Waals surface area contributed by atoms with E-state index in [0.29, 0.717) is 11.7 Å². The lowest BCUT2D eigenvalue weighted by molar-refractivity contribution is 0.413. The molecule has 0 N–H and O–H groups in total. The number of methoxy groups -OCH3 is 1. The molecule has 0 amide bonds. The van der Waals surface area contributed by atoms with Gasteiger partial charge in [0.25, 0.3) is 5.89 Å². The van der Waals surface area contributed by atoms with Gasteiger partial charge in [0.15, 0.2) is 0 Å². The molecule has 0 spiro atoms. The third kappa shape index (κ3) is 2.28. The molecule has 0 aliphatic rings. The van der Waals surface area contributed by atoms with Crippen LogP contribution in [0.2, 0.25) is 0 Å². The second kappa shape index (κ2) is 5.17. The molecule has 100 valence electrons. The number of hydrogen-bond acceptors (Lipinski definition) is 4. The number of aryl methyl sites for hydroxylation is 1. The van der Waals surface area contributed by atoms with Crippen LogP contribution in [0.3, 0.4) is 0 Å². The molecular formula is C16H14N2O2. The normalized spacial score (nSPS) is 10.5. The zero-order chi connectivity index (χ0) is 13.9. The molecule has 3 aromatic rings. The van der Waals surface area contributed by atoms with Crippen LogP contribution in [-0.2, 0) is 0 Å². The maximum atomic E-state index is 5.33. The van der Waals surface area contributed by atoms with Crippen LogP contribution < -0.4 is 4.74 Å². The molecule has 0 unspecified atom stereocenters. The fourth-order valence-corrected chi connectivity index (χ4v) is 1.98. The number of benzene rings is 2. The average molecular weight is 266 g/mol. The highest BCUT2D eigenvalue weighted by Crippen LogP contribution is 2.29. The summed E-state index contributed by atoms with van der Waals surface area (Å²) in [5, 5.41) is 4.03. The van der Waals surface area contributed by atoms with E-state index in [1.165, 1.54) is 5.56 Å². The molecule has 4 nitrogen and oxygen atoms in total. The third-order valence-corrected chi connectivity index (χ3v) is 3.07. The van der Waals surface area contributed by atoms with Crippen LogP contribution in [0.4, 0.5) is 0 Å². The van der Waals surface area contributed by atoms with Crippen LogP contribution in [0, 0.1) is 6.92 Å². The largest absolute Gasteiger partial charge is 0.496 e. The number of para-hydroxylation sites is 1. The van der Waals surface area contributed by atoms with Crippen molar-refractivity contribution in [3.05, 3.63) is 54.1 Å². The maximum Gasteiger partial charge on any atom is 0.258 e. The summed E-state index contributed by atoms with van der Waals surface area (Å²) >= 11 is 0. The van der Waals surface area contributed by atoms with E-state index in [1.807, 2.05) is 55.5 Å². The van der Waals surface area contributed by atoms with Crippen molar-refractivity contribution in [3.8, 4) is 28.6 Å². The Morgan fingerprint density at radius 2 is 1.75 bits per heavy atom. The van der Waals surface area contributed by atoms with E-state index in [4.69, 9.17) is 9.26 Å². The Balaban J connectivity index is 2.00. The predicted octanol–water partition coefficient (Wildman–Crippen LogP) is 3.72. The van der Waals surface area contributed by atoms with Crippen molar-refractivity contribution < 1.29 is 9.26 Å². The maximum absolute atomic E-state index is 5.33. The van der Waals surface area contributed by atoms with E-state index in [9.17, 15) is 0 Å². The summed E-state index contributed by atoms with van der Waals surface area (Å²) in [7, 11) is 1.62. The molecule has 0 saturated heterocycles. The van der Waals surface area contributed by atoms with Crippen molar-refractivity contribution in [2.45, 2.75) is 6.92 Å². The molecule has 20 heavy (non-hydrogen) atoms. The molecule has 3 rings (SSSR count). The third-order valence-electron chi connectivity index (χ3n) is 3.07. The van der Waals surface area contributed by atoms with Gasteiger partial charge in [-0.15, -0.1) is 0 Å². The van der Waals surface area contributed by atoms with Crippen LogP contribution >= 0.6 is 0 Å². The van der Waals surface area contributed by atoms with Crippen LogP contribution in [0.1, 0.15) is 5.56 Å². The fraction of sp³-hybridized carbons (Fsp3) is 0.125. The fourth-order valence-electron chi connectivity index (χ4n) is 1.98. The highest BCUT2D eigenvalue weighted by atomic mass is 16.5. The number of rotatable bonds is 3. The number of nitrogens with zero attached hydrogens (tertiary/aromatic N) is 2. The number of hydrogen-bond donors (Lipinski definition) is 0. The van der Waals surface area contributed by atoms with Gasteiger partial charge in [0, 0.05) is 5.56 Å². The Kier molecular flexibility index (Phi) is 3.21. The molecule has 4 heteroatoms. The van der Waals surface area contributed by atoms with Crippen LogP contribution in [0.15, 0.2) is 53.1 Å². The summed E-state index contributed by atoms with van der Waals surface area (Å²) < 4.78 is 10.6. The highest BCUT2D eigenvalue weighted by molar-refractivity contribution is 5.65. The number of ether oxygens (including phenoxy) is 1. The molecule has 0 atom stereocenters. The summed E-state index contributed by atoms with van der Waals surface area (Å²) in [6, 6.07) is 15.6. The van der Waals surface area contributed by atoms with Gasteiger partial charge >= 0.3 is 0 Å². The van der Waals surface area contributed by atoms with Crippen LogP contribution in [0.25, 0.3) is 22.8 Å². The topological polar surface area (TPSA) is 48.2 Å². The summed E-state index contributed by atoms with van der Waals surface area (Å²) in [5.74, 6) is 1.76. The van der Waals surface area contributed by atoms with E-state index in [2.05, 4.69) is 10.1 Å². The van der Waals surface area contributed by atoms with Gasteiger partial charge in [-0.1, -0.05) is 35.0 Å². The van der Waals surface area contributed by atoms with Crippen molar-refractivity contribution in [2.24, 2.45) is 0 Å². The van der Waals surface area contributed by atoms with E-state index in [-0.39, 0.29) is 0 Å². The highest BCUT2D eigenvalue weighted by Gasteiger charge is 2.13. The first-order valence-corrected chi connectivity index (χ1v) is 6.32. The van der Waals surface area contributed by atoms with Crippen LogP contribution in [0.5, 0.6) is 5.75 Å². The molecule has 0 fully saturated rings. The van der Waals surface area contributed by atoms with Gasteiger partial charge in [-0.2, -0.15) is 4.98 Å². The molecule has 0 aliphatic carbocycles. The second-order valence-corrected chi connectivity index (χ2v) is 4.49. The van der Waals surface area contributed by atoms with E-state index < -0.39 is 0 Å². The summed E-state index contributed by atoms with van der Waals surface area (Å²) in [6.07, 6.45) is 0. The lowest BCUT2D eigenvalue weighted by atomic mass is 10.1. The van der Waals surface area contributed by atoms with Gasteiger partial charge in [-0.3, -0.25) is 0 Å². The number of aromatic nitrogens is 2. The van der Waals surface area contributed by atoms with Gasteiger partial charge in [-0.05, 0) is 31.2 Å². The van der Waals surface area contributed by atoms with Gasteiger partial charge in [0.05, 0.1) is 12.7 Å². The van der Waals surface area contributed by atoms with Gasteiger partial charge in [0.1, 0.15) is 5.75 Å². The van der Waals surface area contributed by atoms with Crippen molar-refractivity contribution in [1.29, 1.82) is 0 Å². The van der Waals surface area contributed by atoms with E-state index in [1.54, 1.807) is 7.11 Å². The lowest BCUT2D eigenvalue weighted by Crippen LogP contribution is -1.88. The Bertz CT molecular complexity index is 717. The van der Waals surface area contributed by atoms with Gasteiger partial charge in [0.2, 0.25) is 5.82 Å². The van der Waals surface area contributed by atoms with Crippen LogP contribution in [-0.4, -0.2) is 17.3 Å². The average Bonchev–Trinajstić information content (AvgIpc) is 2.97. The first-order valence-electron chi connectivity index (χ1n) is 6.32. The first kappa shape index (κ1) is 12.4. The predicted molar refractivity (Wildman–Crippen MR) is 76.5 cm³/mol. The first-order chi connectivity index (χ1) is 9.78. The minimum absolute atomic E-state index is 0.505. The molecule has 0 bridgehead atoms. The standard InChI is InChI=1S/C16H14N2O2/c1-11-7-9-12(10-8-11)16-17-15(18-20-16)13-5-3-4-6-14(13)19-2/h3-10H,1-2H3. The van der Waals surface area contributed by atoms with E-state index in [0.717, 1.165) is 16.9 Å². The molecule has 1 aromatic heterocycles. The molecule has 0 aliphatic heterocycles. The van der Waals surface area contributed by atoms with Crippen molar-refractivity contribution in [3.63, 3.8) is 0 Å². The molecule has 0 radical (unpaired) electrons. The zero-order valence-corrected chi connectivity index (χ0v) is 11.3. The summed E-state index contributed by atoms with van der Waals surface area (Å²) in [6.45, 7) is 2.04. The van der Waals surface area contributed by atoms with Gasteiger partial charge in [-0.25, -0.2) is 0 Å². The molecular weight excluding hydrogens is 252 g/mol. The summed E-state index contributed by atoms with van der Waals surface area (Å²) in [5.41, 5.74) is 2.92. The Morgan fingerprint density at radius 1 is 1.00 bits per heavy atom. The zero-order valence-electron chi connectivity index (χ0n) is 11.3. The minimum Gasteiger partial charge on any atom is -0.496 e. The van der Waals surface area contributed by atoms with Crippen molar-refractivity contribution in [1.82, 2.24) is 10.1 Å². The Labute approximate surface area is 117 Å². The minimum atomic E-state index is 0.505. The molecule has 0 saturated carbocycles. The van der Waals surface area contributed by atoms with Gasteiger partial charge < -0.3 is 9.26 Å². The SMILES string of the molecule is COc1ccccc1-c1noc(-c2ccc(C)cc2)n1. The summed E-state index contributed by atoms with van der Waals surface area (Å²) in [4.78, 5) is 4.43. The smallest absolute Gasteiger partial charge is 0.258 e. The lowest BCUT2D eigenvalue weighted by Gasteiger charge is -2.03. The van der Waals surface area contributed by atoms with Crippen molar-refractivity contribution >= 4 is 0 Å². The Morgan fingerprint density at radius 3 is 2.50 bits per heavy atom. The monoisotopic (exact) mass is 266 g/mol. The quantitative estimate of drug-likeness (QED) is 0.725. The second-order valence-electron chi connectivity index (χ2n) is 4.49.